The van der Waals surface area contributed by atoms with Crippen LogP contribution in [0.5, 0.6) is 0 Å². The molecule has 0 fully saturated rings. The Balaban J connectivity index is 1.83. The minimum absolute atomic E-state index is 0.0195. The first-order chi connectivity index (χ1) is 13.5. The fourth-order valence-electron chi connectivity index (χ4n) is 2.75. The standard InChI is InChI=1S/C19H22N6OS2/c1-11(2)7-14(9-26)22-16-15-17(23-18(21)28-15)25-19(24-16)27-10-13-5-3-12(8-20)4-6-13/h3-6,11,14,26H,7,9-10H2,1-2H3,(H3,21,22,23,24,25). The summed E-state index contributed by atoms with van der Waals surface area (Å²) in [6.45, 7) is 4.25. The van der Waals surface area contributed by atoms with E-state index in [-0.39, 0.29) is 12.6 Å². The molecule has 0 spiro atoms. The van der Waals surface area contributed by atoms with E-state index in [9.17, 15) is 5.11 Å². The molecular formula is C19H22N6OS2. The maximum atomic E-state index is 9.71. The van der Waals surface area contributed by atoms with Crippen LogP contribution in [0, 0.1) is 17.2 Å². The molecule has 0 aliphatic heterocycles. The summed E-state index contributed by atoms with van der Waals surface area (Å²) in [6.07, 6.45) is 0.823. The van der Waals surface area contributed by atoms with Crippen LogP contribution in [0.15, 0.2) is 29.4 Å². The van der Waals surface area contributed by atoms with Crippen LogP contribution in [0.2, 0.25) is 0 Å². The summed E-state index contributed by atoms with van der Waals surface area (Å²) >= 11 is 2.83. The molecule has 0 aliphatic rings. The van der Waals surface area contributed by atoms with E-state index in [4.69, 9.17) is 11.0 Å². The molecule has 28 heavy (non-hydrogen) atoms. The third kappa shape index (κ3) is 5.10. The number of hydrogen-bond acceptors (Lipinski definition) is 9. The molecule has 9 heteroatoms. The van der Waals surface area contributed by atoms with Crippen molar-refractivity contribution in [2.24, 2.45) is 5.92 Å². The molecule has 1 atom stereocenters. The van der Waals surface area contributed by atoms with Gasteiger partial charge in [-0.15, -0.1) is 0 Å². The number of aliphatic hydroxyl groups excluding tert-OH is 1. The van der Waals surface area contributed by atoms with Gasteiger partial charge in [-0.2, -0.15) is 5.26 Å². The Morgan fingerprint density at radius 3 is 2.64 bits per heavy atom. The Labute approximate surface area is 172 Å². The van der Waals surface area contributed by atoms with Gasteiger partial charge in [-0.3, -0.25) is 0 Å². The van der Waals surface area contributed by atoms with Crippen LogP contribution in [0.25, 0.3) is 10.3 Å². The maximum absolute atomic E-state index is 9.71. The molecule has 0 saturated heterocycles. The zero-order valence-corrected chi connectivity index (χ0v) is 17.3. The summed E-state index contributed by atoms with van der Waals surface area (Å²) in [4.78, 5) is 13.5. The molecule has 4 N–H and O–H groups in total. The predicted molar refractivity (Wildman–Crippen MR) is 114 cm³/mol. The van der Waals surface area contributed by atoms with Crippen molar-refractivity contribution in [1.82, 2.24) is 15.0 Å². The van der Waals surface area contributed by atoms with Gasteiger partial charge in [0.25, 0.3) is 0 Å². The highest BCUT2D eigenvalue weighted by molar-refractivity contribution is 7.98. The number of nitrogens with two attached hydrogens (primary N) is 1. The van der Waals surface area contributed by atoms with Gasteiger partial charge in [-0.25, -0.2) is 15.0 Å². The lowest BCUT2D eigenvalue weighted by atomic mass is 10.0. The van der Waals surface area contributed by atoms with Gasteiger partial charge < -0.3 is 16.2 Å². The predicted octanol–water partition coefficient (Wildman–Crippen LogP) is 3.65. The van der Waals surface area contributed by atoms with Crippen LogP contribution in [-0.4, -0.2) is 32.7 Å². The second-order valence-corrected chi connectivity index (χ2v) is 8.78. The second kappa shape index (κ2) is 9.19. The molecule has 3 rings (SSSR count). The number of hydrogen-bond donors (Lipinski definition) is 3. The van der Waals surface area contributed by atoms with Gasteiger partial charge in [0.2, 0.25) is 0 Å². The molecule has 0 radical (unpaired) electrons. The monoisotopic (exact) mass is 414 g/mol. The molecule has 1 aromatic carbocycles. The van der Waals surface area contributed by atoms with Gasteiger partial charge in [0.1, 0.15) is 4.70 Å². The quantitative estimate of drug-likeness (QED) is 0.377. The van der Waals surface area contributed by atoms with Gasteiger partial charge in [-0.1, -0.05) is 49.1 Å². The van der Waals surface area contributed by atoms with Crippen molar-refractivity contribution in [3.05, 3.63) is 35.4 Å². The Kier molecular flexibility index (Phi) is 6.67. The fraction of sp³-hybridized carbons (Fsp3) is 0.368. The van der Waals surface area contributed by atoms with E-state index in [0.717, 1.165) is 16.7 Å². The highest BCUT2D eigenvalue weighted by atomic mass is 32.2. The van der Waals surface area contributed by atoms with Crippen LogP contribution in [-0.2, 0) is 5.75 Å². The number of nitrogens with one attached hydrogen (secondary N) is 1. The summed E-state index contributed by atoms with van der Waals surface area (Å²) in [5, 5.41) is 23.0. The van der Waals surface area contributed by atoms with Crippen molar-refractivity contribution < 1.29 is 5.11 Å². The molecule has 0 bridgehead atoms. The molecule has 7 nitrogen and oxygen atoms in total. The van der Waals surface area contributed by atoms with Crippen LogP contribution in [0.3, 0.4) is 0 Å². The van der Waals surface area contributed by atoms with Crippen LogP contribution < -0.4 is 11.1 Å². The lowest BCUT2D eigenvalue weighted by Crippen LogP contribution is -2.26. The number of nitriles is 1. The molecule has 2 heterocycles. The normalized spacial score (nSPS) is 12.2. The van der Waals surface area contributed by atoms with Gasteiger partial charge in [0.15, 0.2) is 21.8 Å². The molecule has 3 aromatic rings. The Hall–Kier alpha value is -2.41. The molecule has 2 aromatic heterocycles. The zero-order valence-electron chi connectivity index (χ0n) is 15.7. The Bertz CT molecular complexity index is 980. The van der Waals surface area contributed by atoms with Gasteiger partial charge in [0.05, 0.1) is 24.3 Å². The van der Waals surface area contributed by atoms with Crippen molar-refractivity contribution in [3.8, 4) is 6.07 Å². The van der Waals surface area contributed by atoms with E-state index in [1.54, 1.807) is 12.1 Å². The summed E-state index contributed by atoms with van der Waals surface area (Å²) < 4.78 is 0.794. The topological polar surface area (TPSA) is 121 Å². The highest BCUT2D eigenvalue weighted by Crippen LogP contribution is 2.32. The third-order valence-electron chi connectivity index (χ3n) is 4.02. The van der Waals surface area contributed by atoms with Gasteiger partial charge in [-0.05, 0) is 30.0 Å². The number of aromatic nitrogens is 3. The summed E-state index contributed by atoms with van der Waals surface area (Å²) in [5.74, 6) is 1.77. The molecular weight excluding hydrogens is 392 g/mol. The van der Waals surface area contributed by atoms with Crippen molar-refractivity contribution in [3.63, 3.8) is 0 Å². The van der Waals surface area contributed by atoms with E-state index in [1.807, 2.05) is 12.1 Å². The van der Waals surface area contributed by atoms with Crippen LogP contribution in [0.1, 0.15) is 31.4 Å². The van der Waals surface area contributed by atoms with Crippen LogP contribution >= 0.6 is 23.1 Å². The first-order valence-corrected chi connectivity index (χ1v) is 10.7. The summed E-state index contributed by atoms with van der Waals surface area (Å²) in [5.41, 5.74) is 8.15. The van der Waals surface area contributed by atoms with E-state index >= 15 is 0 Å². The Morgan fingerprint density at radius 1 is 1.25 bits per heavy atom. The lowest BCUT2D eigenvalue weighted by molar-refractivity contribution is 0.259. The number of nitrogens with zero attached hydrogens (tertiary/aromatic N) is 4. The average molecular weight is 415 g/mol. The zero-order chi connectivity index (χ0) is 20.1. The van der Waals surface area contributed by atoms with Crippen molar-refractivity contribution in [1.29, 1.82) is 5.26 Å². The number of nitrogen functional groups attached to an aromatic ring is 1. The number of aliphatic hydroxyl groups is 1. The van der Waals surface area contributed by atoms with Crippen molar-refractivity contribution >= 4 is 44.4 Å². The van der Waals surface area contributed by atoms with Crippen LogP contribution in [0.4, 0.5) is 10.9 Å². The fourth-order valence-corrected chi connectivity index (χ4v) is 4.27. The number of benzene rings is 1. The number of fused-ring (bicyclic) bond motifs is 1. The van der Waals surface area contributed by atoms with E-state index in [2.05, 4.69) is 40.2 Å². The summed E-state index contributed by atoms with van der Waals surface area (Å²) in [7, 11) is 0. The number of anilines is 2. The maximum Gasteiger partial charge on any atom is 0.191 e. The van der Waals surface area contributed by atoms with E-state index < -0.39 is 0 Å². The molecule has 146 valence electrons. The smallest absolute Gasteiger partial charge is 0.191 e. The molecule has 1 unspecified atom stereocenters. The second-order valence-electron chi connectivity index (χ2n) is 6.81. The number of rotatable bonds is 8. The molecule has 0 amide bonds. The average Bonchev–Trinajstić information content (AvgIpc) is 3.06. The SMILES string of the molecule is CC(C)CC(CO)Nc1nc(SCc2ccc(C#N)cc2)nc2nc(N)sc12. The largest absolute Gasteiger partial charge is 0.394 e. The molecule has 0 saturated carbocycles. The first kappa shape index (κ1) is 20.3. The lowest BCUT2D eigenvalue weighted by Gasteiger charge is -2.19. The van der Waals surface area contributed by atoms with E-state index in [0.29, 0.717) is 39.0 Å². The minimum Gasteiger partial charge on any atom is -0.394 e. The first-order valence-electron chi connectivity index (χ1n) is 8.91. The third-order valence-corrected chi connectivity index (χ3v) is 5.82. The number of thioether (sulfide) groups is 1. The van der Waals surface area contributed by atoms with Crippen molar-refractivity contribution in [2.45, 2.75) is 37.2 Å². The van der Waals surface area contributed by atoms with E-state index in [1.165, 1.54) is 23.1 Å². The van der Waals surface area contributed by atoms with Gasteiger partial charge in [0, 0.05) is 5.75 Å². The Morgan fingerprint density at radius 2 is 2.00 bits per heavy atom. The highest BCUT2D eigenvalue weighted by Gasteiger charge is 2.17. The van der Waals surface area contributed by atoms with Crippen molar-refractivity contribution in [2.75, 3.05) is 17.7 Å². The summed E-state index contributed by atoms with van der Waals surface area (Å²) in [6, 6.07) is 9.46. The number of thiazole rings is 1. The molecule has 0 aliphatic carbocycles. The minimum atomic E-state index is -0.0993. The van der Waals surface area contributed by atoms with Gasteiger partial charge >= 0.3 is 0 Å².